The van der Waals surface area contributed by atoms with Crippen molar-refractivity contribution in [2.75, 3.05) is 38.1 Å². The van der Waals surface area contributed by atoms with Crippen molar-refractivity contribution in [3.05, 3.63) is 46.8 Å². The molecule has 11 heteroatoms. The van der Waals surface area contributed by atoms with Gasteiger partial charge in [0.25, 0.3) is 5.91 Å². The normalized spacial score (nSPS) is 21.1. The quantitative estimate of drug-likeness (QED) is 0.689. The van der Waals surface area contributed by atoms with Crippen LogP contribution >= 0.6 is 0 Å². The molecule has 2 fully saturated rings. The monoisotopic (exact) mass is 488 g/mol. The van der Waals surface area contributed by atoms with Gasteiger partial charge in [0.05, 0.1) is 23.1 Å². The second kappa shape index (κ2) is 9.60. The van der Waals surface area contributed by atoms with Crippen molar-refractivity contribution in [2.45, 2.75) is 25.9 Å². The predicted molar refractivity (Wildman–Crippen MR) is 121 cm³/mol. The highest BCUT2D eigenvalue weighted by atomic mass is 19.4. The lowest BCUT2D eigenvalue weighted by Crippen LogP contribution is -2.43. The van der Waals surface area contributed by atoms with Gasteiger partial charge in [-0.3, -0.25) is 14.7 Å². The first-order chi connectivity index (χ1) is 16.6. The van der Waals surface area contributed by atoms with E-state index in [1.54, 1.807) is 29.0 Å². The van der Waals surface area contributed by atoms with Crippen molar-refractivity contribution in [2.24, 2.45) is 17.8 Å². The van der Waals surface area contributed by atoms with Crippen LogP contribution in [0.1, 0.15) is 40.2 Å². The van der Waals surface area contributed by atoms with Crippen molar-refractivity contribution < 1.29 is 22.8 Å². The molecule has 186 valence electrons. The van der Waals surface area contributed by atoms with Gasteiger partial charge >= 0.3 is 6.18 Å². The number of rotatable bonds is 4. The molecule has 2 saturated heterocycles. The molecule has 1 aromatic heterocycles. The van der Waals surface area contributed by atoms with Gasteiger partial charge in [-0.15, -0.1) is 0 Å². The number of anilines is 1. The van der Waals surface area contributed by atoms with E-state index in [1.807, 2.05) is 6.92 Å². The molecule has 0 radical (unpaired) electrons. The summed E-state index contributed by atoms with van der Waals surface area (Å²) in [4.78, 5) is 29.0. The first-order valence-corrected chi connectivity index (χ1v) is 11.5. The molecule has 4 rings (SSSR count). The van der Waals surface area contributed by atoms with Crippen LogP contribution in [0.2, 0.25) is 0 Å². The molecule has 2 aromatic rings. The van der Waals surface area contributed by atoms with Crippen LogP contribution in [-0.4, -0.2) is 60.1 Å². The predicted octanol–water partition coefficient (Wildman–Crippen LogP) is 2.96. The summed E-state index contributed by atoms with van der Waals surface area (Å²) in [6.45, 7) is 3.60. The number of H-pyrrole nitrogens is 1. The minimum absolute atomic E-state index is 0.0650. The fourth-order valence-electron chi connectivity index (χ4n) is 5.26. The third-order valence-electron chi connectivity index (χ3n) is 7.10. The van der Waals surface area contributed by atoms with Gasteiger partial charge in [-0.1, -0.05) is 0 Å². The Hall–Kier alpha value is -3.55. The van der Waals surface area contributed by atoms with Crippen LogP contribution < -0.4 is 10.2 Å². The Morgan fingerprint density at radius 1 is 1.20 bits per heavy atom. The first-order valence-electron chi connectivity index (χ1n) is 11.5. The van der Waals surface area contributed by atoms with E-state index in [-0.39, 0.29) is 29.6 Å². The van der Waals surface area contributed by atoms with E-state index < -0.39 is 17.3 Å². The van der Waals surface area contributed by atoms with E-state index >= 15 is 0 Å². The molecule has 3 heterocycles. The molecule has 8 nitrogen and oxygen atoms in total. The molecule has 0 bridgehead atoms. The lowest BCUT2D eigenvalue weighted by molar-refractivity contribution is -0.137. The smallest absolute Gasteiger partial charge is 0.370 e. The van der Waals surface area contributed by atoms with Gasteiger partial charge in [-0.25, -0.2) is 0 Å². The van der Waals surface area contributed by atoms with Crippen LogP contribution in [0, 0.1) is 36.0 Å². The number of halogens is 3. The summed E-state index contributed by atoms with van der Waals surface area (Å²) in [6.07, 6.45) is -3.25. The summed E-state index contributed by atoms with van der Waals surface area (Å²) in [6, 6.07) is 6.99. The maximum Gasteiger partial charge on any atom is 0.417 e. The highest BCUT2D eigenvalue weighted by molar-refractivity contribution is 5.92. The number of carbonyl (C=O) groups is 2. The van der Waals surface area contributed by atoms with Gasteiger partial charge in [-0.2, -0.15) is 23.5 Å². The van der Waals surface area contributed by atoms with Gasteiger partial charge in [0.15, 0.2) is 0 Å². The van der Waals surface area contributed by atoms with E-state index in [0.717, 1.165) is 11.8 Å². The third kappa shape index (κ3) is 4.97. The maximum absolute atomic E-state index is 13.5. The highest BCUT2D eigenvalue weighted by Crippen LogP contribution is 2.40. The Morgan fingerprint density at radius 2 is 1.91 bits per heavy atom. The Bertz CT molecular complexity index is 1150. The Labute approximate surface area is 201 Å². The Kier molecular flexibility index (Phi) is 6.74. The highest BCUT2D eigenvalue weighted by Gasteiger charge is 2.43. The second-order valence-corrected chi connectivity index (χ2v) is 9.19. The molecule has 1 aromatic carbocycles. The van der Waals surface area contributed by atoms with E-state index in [2.05, 4.69) is 15.5 Å². The van der Waals surface area contributed by atoms with E-state index in [1.165, 1.54) is 12.1 Å². The summed E-state index contributed by atoms with van der Waals surface area (Å²) < 4.78 is 40.4. The third-order valence-corrected chi connectivity index (χ3v) is 7.10. The fourth-order valence-corrected chi connectivity index (χ4v) is 5.26. The van der Waals surface area contributed by atoms with Crippen LogP contribution in [0.25, 0.3) is 0 Å². The van der Waals surface area contributed by atoms with Gasteiger partial charge in [0.1, 0.15) is 5.69 Å². The first kappa shape index (κ1) is 24.6. The lowest BCUT2D eigenvalue weighted by Gasteiger charge is -2.36. The number of piperidine rings is 1. The molecule has 2 aliphatic heterocycles. The average Bonchev–Trinajstić information content (AvgIpc) is 3.49. The number of amides is 2. The van der Waals surface area contributed by atoms with Crippen LogP contribution in [-0.2, 0) is 11.0 Å². The van der Waals surface area contributed by atoms with E-state index in [0.29, 0.717) is 50.4 Å². The minimum Gasteiger partial charge on any atom is -0.370 e. The van der Waals surface area contributed by atoms with Gasteiger partial charge in [-0.05, 0) is 55.9 Å². The van der Waals surface area contributed by atoms with E-state index in [9.17, 15) is 22.8 Å². The number of nitriles is 1. The molecule has 2 atom stereocenters. The summed E-state index contributed by atoms with van der Waals surface area (Å²) >= 11 is 0. The van der Waals surface area contributed by atoms with Crippen molar-refractivity contribution >= 4 is 17.5 Å². The van der Waals surface area contributed by atoms with Crippen LogP contribution in [0.15, 0.2) is 24.3 Å². The maximum atomic E-state index is 13.5. The van der Waals surface area contributed by atoms with Crippen molar-refractivity contribution in [3.63, 3.8) is 0 Å². The standard InChI is InChI=1S/C24H27F3N6O2/c1-14-9-21(31-30-14)23(35)32-7-5-15(6-8-32)18-12-33(13-19(18)22(34)29-2)17-4-3-16(11-28)20(10-17)24(25,26)27/h3-4,9-10,15,18-19H,5-8,12-13H2,1-2H3,(H,29,34)(H,30,31)/t18-,19+/m0/s1. The number of benzene rings is 1. The fraction of sp³-hybridized carbons (Fsp3) is 0.500. The molecule has 35 heavy (non-hydrogen) atoms. The molecule has 0 unspecified atom stereocenters. The van der Waals surface area contributed by atoms with Crippen molar-refractivity contribution in [1.29, 1.82) is 5.26 Å². The molecule has 0 aliphatic carbocycles. The number of hydrogen-bond donors (Lipinski definition) is 2. The summed E-state index contributed by atoms with van der Waals surface area (Å²) in [5.41, 5.74) is 0.118. The second-order valence-electron chi connectivity index (χ2n) is 9.19. The minimum atomic E-state index is -4.65. The van der Waals surface area contributed by atoms with Crippen LogP contribution in [0.5, 0.6) is 0 Å². The van der Waals surface area contributed by atoms with Crippen molar-refractivity contribution in [3.8, 4) is 6.07 Å². The van der Waals surface area contributed by atoms with E-state index in [4.69, 9.17) is 5.26 Å². The molecule has 2 N–H and O–H groups in total. The Balaban J connectivity index is 1.50. The topological polar surface area (TPSA) is 105 Å². The van der Waals surface area contributed by atoms with Gasteiger partial charge in [0, 0.05) is 44.6 Å². The summed E-state index contributed by atoms with van der Waals surface area (Å²) in [5.74, 6) is -0.586. The average molecular weight is 489 g/mol. The lowest BCUT2D eigenvalue weighted by atomic mass is 9.78. The molecule has 0 spiro atoms. The number of nitrogens with zero attached hydrogens (tertiary/aromatic N) is 4. The summed E-state index contributed by atoms with van der Waals surface area (Å²) in [7, 11) is 1.55. The molecular formula is C24H27F3N6O2. The number of hydrogen-bond acceptors (Lipinski definition) is 5. The molecule has 2 amide bonds. The number of aryl methyl sites for hydroxylation is 1. The number of carbonyl (C=O) groups excluding carboxylic acids is 2. The zero-order chi connectivity index (χ0) is 25.3. The number of likely N-dealkylation sites (tertiary alicyclic amines) is 1. The Morgan fingerprint density at radius 3 is 2.49 bits per heavy atom. The van der Waals surface area contributed by atoms with Crippen molar-refractivity contribution in [1.82, 2.24) is 20.4 Å². The van der Waals surface area contributed by atoms with Gasteiger partial charge < -0.3 is 15.1 Å². The molecular weight excluding hydrogens is 461 g/mol. The largest absolute Gasteiger partial charge is 0.417 e. The SMILES string of the molecule is CNC(=O)[C@@H]1CN(c2ccc(C#N)c(C(F)(F)F)c2)C[C@H]1C1CCN(C(=O)c2cc(C)[nH]n2)CC1. The van der Waals surface area contributed by atoms with Crippen LogP contribution in [0.4, 0.5) is 18.9 Å². The number of aromatic nitrogens is 2. The summed E-state index contributed by atoms with van der Waals surface area (Å²) in [5, 5.41) is 18.6. The van der Waals surface area contributed by atoms with Crippen LogP contribution in [0.3, 0.4) is 0 Å². The zero-order valence-electron chi connectivity index (χ0n) is 19.5. The molecule has 2 aliphatic rings. The molecule has 0 saturated carbocycles. The number of nitrogens with one attached hydrogen (secondary N) is 2. The van der Waals surface area contributed by atoms with Gasteiger partial charge in [0.2, 0.25) is 5.91 Å². The number of alkyl halides is 3. The number of aromatic amines is 1. The zero-order valence-corrected chi connectivity index (χ0v) is 19.5.